The van der Waals surface area contributed by atoms with Gasteiger partial charge in [-0.25, -0.2) is 0 Å². The van der Waals surface area contributed by atoms with Crippen molar-refractivity contribution in [2.24, 2.45) is 0 Å². The smallest absolute Gasteiger partial charge is 0.306 e. The standard InChI is InChI=1S/C39H66O4/c1-3-5-6-7-8-9-10-11-12-13-14-15-16-17-18-23-26-29-32-36-39(42)43-37(33-4-2)34-30-27-24-21-19-20-22-25-28-31-35-38(40)41/h5-6,8-9,11-12,14-15,17-18,37H,3-4,7,10,13,16,19-36H2,1-2H3,(H,40,41)/b6-5-,9-8-,12-11-,15-14-,18-17-. The Morgan fingerprint density at radius 2 is 0.977 bits per heavy atom. The van der Waals surface area contributed by atoms with Crippen molar-refractivity contribution < 1.29 is 19.4 Å². The number of esters is 1. The van der Waals surface area contributed by atoms with Gasteiger partial charge in [0.2, 0.25) is 0 Å². The predicted molar refractivity (Wildman–Crippen MR) is 185 cm³/mol. The van der Waals surface area contributed by atoms with Crippen LogP contribution in [0.4, 0.5) is 0 Å². The van der Waals surface area contributed by atoms with Gasteiger partial charge in [0.05, 0.1) is 0 Å². The van der Waals surface area contributed by atoms with Crippen molar-refractivity contribution in [3.63, 3.8) is 0 Å². The van der Waals surface area contributed by atoms with Crippen molar-refractivity contribution in [3.8, 4) is 0 Å². The van der Waals surface area contributed by atoms with E-state index >= 15 is 0 Å². The van der Waals surface area contributed by atoms with E-state index in [2.05, 4.69) is 74.6 Å². The van der Waals surface area contributed by atoms with Crippen LogP contribution in [0.3, 0.4) is 0 Å². The zero-order chi connectivity index (χ0) is 31.5. The number of ether oxygens (including phenoxy) is 1. The Balaban J connectivity index is 3.69. The molecule has 0 aliphatic carbocycles. The van der Waals surface area contributed by atoms with Crippen LogP contribution in [0.1, 0.15) is 168 Å². The van der Waals surface area contributed by atoms with Gasteiger partial charge in [-0.15, -0.1) is 0 Å². The molecule has 0 aliphatic rings. The number of carboxylic acids is 1. The summed E-state index contributed by atoms with van der Waals surface area (Å²) in [5, 5.41) is 8.66. The molecule has 4 heteroatoms. The fourth-order valence-corrected chi connectivity index (χ4v) is 4.97. The summed E-state index contributed by atoms with van der Waals surface area (Å²) in [5.74, 6) is -0.698. The Labute approximate surface area is 265 Å². The summed E-state index contributed by atoms with van der Waals surface area (Å²) in [4.78, 5) is 22.9. The second kappa shape index (κ2) is 34.1. The molecule has 4 nitrogen and oxygen atoms in total. The summed E-state index contributed by atoms with van der Waals surface area (Å²) in [6.45, 7) is 4.32. The van der Waals surface area contributed by atoms with Gasteiger partial charge in [0, 0.05) is 12.8 Å². The number of unbranched alkanes of at least 4 members (excludes halogenated alkanes) is 12. The van der Waals surface area contributed by atoms with Gasteiger partial charge in [0.15, 0.2) is 0 Å². The van der Waals surface area contributed by atoms with E-state index in [9.17, 15) is 9.59 Å². The molecule has 0 bridgehead atoms. The van der Waals surface area contributed by atoms with Gasteiger partial charge in [0.1, 0.15) is 6.10 Å². The third kappa shape index (κ3) is 34.0. The van der Waals surface area contributed by atoms with E-state index in [0.717, 1.165) is 103 Å². The van der Waals surface area contributed by atoms with Gasteiger partial charge in [0.25, 0.3) is 0 Å². The fraction of sp³-hybridized carbons (Fsp3) is 0.692. The number of carbonyl (C=O) groups is 2. The quantitative estimate of drug-likeness (QED) is 0.0490. The van der Waals surface area contributed by atoms with Crippen LogP contribution in [0.25, 0.3) is 0 Å². The normalized spacial score (nSPS) is 13.0. The Morgan fingerprint density at radius 3 is 1.49 bits per heavy atom. The molecule has 0 spiro atoms. The Kier molecular flexibility index (Phi) is 32.3. The van der Waals surface area contributed by atoms with E-state index < -0.39 is 5.97 Å². The number of rotatable bonds is 31. The maximum Gasteiger partial charge on any atom is 0.306 e. The van der Waals surface area contributed by atoms with Crippen molar-refractivity contribution in [1.29, 1.82) is 0 Å². The van der Waals surface area contributed by atoms with Gasteiger partial charge < -0.3 is 9.84 Å². The first-order valence-electron chi connectivity index (χ1n) is 17.8. The maximum atomic E-state index is 12.4. The Hall–Kier alpha value is -2.36. The summed E-state index contributed by atoms with van der Waals surface area (Å²) >= 11 is 0. The van der Waals surface area contributed by atoms with Crippen molar-refractivity contribution >= 4 is 11.9 Å². The molecule has 0 saturated carbocycles. The monoisotopic (exact) mass is 598 g/mol. The maximum absolute atomic E-state index is 12.4. The molecule has 1 unspecified atom stereocenters. The molecule has 1 N–H and O–H groups in total. The van der Waals surface area contributed by atoms with E-state index in [4.69, 9.17) is 9.84 Å². The molecule has 1 atom stereocenters. The summed E-state index contributed by atoms with van der Waals surface area (Å²) in [6.07, 6.45) is 47.2. The Morgan fingerprint density at radius 1 is 0.535 bits per heavy atom. The molecule has 246 valence electrons. The lowest BCUT2D eigenvalue weighted by atomic mass is 10.0. The zero-order valence-electron chi connectivity index (χ0n) is 28.0. The summed E-state index contributed by atoms with van der Waals surface area (Å²) in [6, 6.07) is 0. The molecular weight excluding hydrogens is 532 g/mol. The second-order valence-corrected chi connectivity index (χ2v) is 11.7. The van der Waals surface area contributed by atoms with Crippen molar-refractivity contribution in [2.45, 2.75) is 174 Å². The molecule has 0 fully saturated rings. The van der Waals surface area contributed by atoms with E-state index in [0.29, 0.717) is 12.8 Å². The van der Waals surface area contributed by atoms with Gasteiger partial charge in [-0.2, -0.15) is 0 Å². The third-order valence-electron chi connectivity index (χ3n) is 7.48. The summed E-state index contributed by atoms with van der Waals surface area (Å²) in [7, 11) is 0. The van der Waals surface area contributed by atoms with Crippen LogP contribution < -0.4 is 0 Å². The predicted octanol–water partition coefficient (Wildman–Crippen LogP) is 12.2. The minimum absolute atomic E-state index is 0.0170. The SMILES string of the molecule is CC/C=C\C/C=C\C/C=C\C/C=C\C/C=C\CCCCCC(=O)OC(CCC)CCCCCCCCCCCCC(=O)O. The first-order chi connectivity index (χ1) is 21.1. The molecule has 0 aliphatic heterocycles. The molecule has 0 radical (unpaired) electrons. The van der Waals surface area contributed by atoms with Crippen molar-refractivity contribution in [3.05, 3.63) is 60.8 Å². The molecule has 0 aromatic heterocycles. The number of hydrogen-bond donors (Lipinski definition) is 1. The van der Waals surface area contributed by atoms with Crippen LogP contribution >= 0.6 is 0 Å². The lowest BCUT2D eigenvalue weighted by molar-refractivity contribution is -0.150. The second-order valence-electron chi connectivity index (χ2n) is 11.7. The van der Waals surface area contributed by atoms with E-state index in [1.165, 1.54) is 38.5 Å². The highest BCUT2D eigenvalue weighted by atomic mass is 16.5. The third-order valence-corrected chi connectivity index (χ3v) is 7.48. The first-order valence-corrected chi connectivity index (χ1v) is 17.8. The molecule has 43 heavy (non-hydrogen) atoms. The average Bonchev–Trinajstić information content (AvgIpc) is 2.98. The molecule has 0 amide bonds. The Bertz CT molecular complexity index is 774. The van der Waals surface area contributed by atoms with Crippen LogP contribution in [0.2, 0.25) is 0 Å². The van der Waals surface area contributed by atoms with Gasteiger partial charge in [-0.05, 0) is 77.0 Å². The van der Waals surface area contributed by atoms with Gasteiger partial charge in [-0.3, -0.25) is 9.59 Å². The summed E-state index contributed by atoms with van der Waals surface area (Å²) in [5.41, 5.74) is 0. The largest absolute Gasteiger partial charge is 0.481 e. The van der Waals surface area contributed by atoms with E-state index in [1.54, 1.807) is 0 Å². The topological polar surface area (TPSA) is 63.6 Å². The first kappa shape index (κ1) is 40.6. The molecule has 0 aromatic rings. The number of carboxylic acid groups (broad SMARTS) is 1. The average molecular weight is 599 g/mol. The molecule has 0 aromatic carbocycles. The van der Waals surface area contributed by atoms with E-state index in [1.807, 2.05) is 0 Å². The number of aliphatic carboxylic acids is 1. The van der Waals surface area contributed by atoms with Gasteiger partial charge in [-0.1, -0.05) is 139 Å². The number of carbonyl (C=O) groups excluding carboxylic acids is 1. The number of hydrogen-bond acceptors (Lipinski definition) is 3. The number of allylic oxidation sites excluding steroid dienone is 10. The van der Waals surface area contributed by atoms with Crippen molar-refractivity contribution in [2.75, 3.05) is 0 Å². The van der Waals surface area contributed by atoms with Crippen LogP contribution in [0.5, 0.6) is 0 Å². The lowest BCUT2D eigenvalue weighted by Crippen LogP contribution is -2.18. The minimum atomic E-state index is -0.681. The molecule has 0 saturated heterocycles. The van der Waals surface area contributed by atoms with Crippen LogP contribution in [0.15, 0.2) is 60.8 Å². The highest BCUT2D eigenvalue weighted by Crippen LogP contribution is 2.17. The van der Waals surface area contributed by atoms with E-state index in [-0.39, 0.29) is 12.1 Å². The molecular formula is C39H66O4. The minimum Gasteiger partial charge on any atom is -0.481 e. The van der Waals surface area contributed by atoms with Crippen LogP contribution in [-0.2, 0) is 14.3 Å². The van der Waals surface area contributed by atoms with Crippen LogP contribution in [-0.4, -0.2) is 23.1 Å². The highest BCUT2D eigenvalue weighted by Gasteiger charge is 2.13. The molecule has 0 heterocycles. The summed E-state index contributed by atoms with van der Waals surface area (Å²) < 4.78 is 5.83. The van der Waals surface area contributed by atoms with Crippen LogP contribution in [0, 0.1) is 0 Å². The van der Waals surface area contributed by atoms with Gasteiger partial charge >= 0.3 is 11.9 Å². The zero-order valence-corrected chi connectivity index (χ0v) is 28.0. The lowest BCUT2D eigenvalue weighted by Gasteiger charge is -2.17. The van der Waals surface area contributed by atoms with Crippen molar-refractivity contribution in [1.82, 2.24) is 0 Å². The fourth-order valence-electron chi connectivity index (χ4n) is 4.97. The highest BCUT2D eigenvalue weighted by molar-refractivity contribution is 5.69. The molecule has 0 rings (SSSR count).